The second kappa shape index (κ2) is 6.44. The molecule has 0 fully saturated rings. The van der Waals surface area contributed by atoms with Crippen LogP contribution in [0.2, 0.25) is 5.02 Å². The van der Waals surface area contributed by atoms with E-state index >= 15 is 0 Å². The van der Waals surface area contributed by atoms with Gasteiger partial charge < -0.3 is 10.4 Å². The summed E-state index contributed by atoms with van der Waals surface area (Å²) in [5.74, 6) is -0.640. The quantitative estimate of drug-likeness (QED) is 0.498. The first-order chi connectivity index (χ1) is 10.4. The number of aromatic nitrogens is 2. The molecule has 2 N–H and O–H groups in total. The predicted octanol–water partition coefficient (Wildman–Crippen LogP) is 2.49. The van der Waals surface area contributed by atoms with Crippen molar-refractivity contribution in [2.24, 2.45) is 0 Å². The normalized spacial score (nSPS) is 10.5. The highest BCUT2D eigenvalue weighted by Crippen LogP contribution is 2.27. The number of phenolic OH excluding ortho intramolecular Hbond substituents is 1. The summed E-state index contributed by atoms with van der Waals surface area (Å²) in [6, 6.07) is 3.41. The van der Waals surface area contributed by atoms with E-state index in [1.807, 2.05) is 0 Å². The van der Waals surface area contributed by atoms with E-state index < -0.39 is 10.8 Å². The van der Waals surface area contributed by atoms with Crippen molar-refractivity contribution in [3.05, 3.63) is 45.2 Å². The van der Waals surface area contributed by atoms with Crippen molar-refractivity contribution in [3.63, 3.8) is 0 Å². The molecule has 0 aliphatic heterocycles. The summed E-state index contributed by atoms with van der Waals surface area (Å²) in [6.45, 7) is 2.08. The highest BCUT2D eigenvalue weighted by molar-refractivity contribution is 6.31. The molecule has 0 aliphatic carbocycles. The van der Waals surface area contributed by atoms with Crippen molar-refractivity contribution in [2.75, 3.05) is 5.32 Å². The van der Waals surface area contributed by atoms with Gasteiger partial charge in [-0.25, -0.2) is 0 Å². The molecule has 1 aromatic heterocycles. The number of aromatic hydroxyl groups is 1. The van der Waals surface area contributed by atoms with Gasteiger partial charge in [0.15, 0.2) is 0 Å². The van der Waals surface area contributed by atoms with Crippen LogP contribution in [0.3, 0.4) is 0 Å². The second-order valence-corrected chi connectivity index (χ2v) is 4.96. The van der Waals surface area contributed by atoms with Gasteiger partial charge in [-0.15, -0.1) is 0 Å². The van der Waals surface area contributed by atoms with E-state index in [9.17, 15) is 20.0 Å². The maximum atomic E-state index is 11.9. The van der Waals surface area contributed by atoms with Gasteiger partial charge in [0, 0.05) is 18.6 Å². The number of nitro benzene ring substituents is 1. The lowest BCUT2D eigenvalue weighted by atomic mass is 10.2. The van der Waals surface area contributed by atoms with Crippen molar-refractivity contribution in [2.45, 2.75) is 19.9 Å². The van der Waals surface area contributed by atoms with Crippen LogP contribution in [-0.4, -0.2) is 25.7 Å². The lowest BCUT2D eigenvalue weighted by Gasteiger charge is -2.08. The Morgan fingerprint density at radius 2 is 2.27 bits per heavy atom. The van der Waals surface area contributed by atoms with Crippen molar-refractivity contribution in [1.29, 1.82) is 0 Å². The molecular formula is C13H13ClN4O4. The Balaban J connectivity index is 2.01. The van der Waals surface area contributed by atoms with Crippen molar-refractivity contribution in [3.8, 4) is 5.75 Å². The van der Waals surface area contributed by atoms with E-state index in [0.717, 1.165) is 23.9 Å². The van der Waals surface area contributed by atoms with Gasteiger partial charge in [0.25, 0.3) is 5.69 Å². The number of halogens is 1. The van der Waals surface area contributed by atoms with Gasteiger partial charge in [0.2, 0.25) is 5.91 Å². The van der Waals surface area contributed by atoms with Gasteiger partial charge in [-0.2, -0.15) is 5.10 Å². The first kappa shape index (κ1) is 15.8. The number of carbonyl (C=O) groups is 1. The van der Waals surface area contributed by atoms with Crippen LogP contribution in [0.15, 0.2) is 24.4 Å². The number of nitrogens with zero attached hydrogens (tertiary/aromatic N) is 3. The van der Waals surface area contributed by atoms with Crippen LogP contribution in [0, 0.1) is 17.0 Å². The average molecular weight is 325 g/mol. The number of benzene rings is 1. The maximum absolute atomic E-state index is 11.9. The molecule has 1 amide bonds. The molecule has 0 bridgehead atoms. The maximum Gasteiger partial charge on any atom is 0.271 e. The van der Waals surface area contributed by atoms with Crippen LogP contribution in [0.1, 0.15) is 12.1 Å². The minimum atomic E-state index is -0.607. The Bertz CT molecular complexity index is 729. The molecule has 116 valence electrons. The molecule has 22 heavy (non-hydrogen) atoms. The monoisotopic (exact) mass is 324 g/mol. The van der Waals surface area contributed by atoms with Crippen LogP contribution >= 0.6 is 11.6 Å². The molecule has 1 aromatic carbocycles. The van der Waals surface area contributed by atoms with Crippen LogP contribution in [0.4, 0.5) is 11.4 Å². The number of hydrogen-bond acceptors (Lipinski definition) is 5. The predicted molar refractivity (Wildman–Crippen MR) is 80.0 cm³/mol. The van der Waals surface area contributed by atoms with Crippen LogP contribution in [0.5, 0.6) is 5.75 Å². The Morgan fingerprint density at radius 3 is 2.86 bits per heavy atom. The average Bonchev–Trinajstić information content (AvgIpc) is 2.78. The second-order valence-electron chi connectivity index (χ2n) is 4.56. The summed E-state index contributed by atoms with van der Waals surface area (Å²) in [6.07, 6.45) is 1.57. The zero-order valence-electron chi connectivity index (χ0n) is 11.6. The van der Waals surface area contributed by atoms with Gasteiger partial charge in [-0.05, 0) is 13.0 Å². The summed E-state index contributed by atoms with van der Waals surface area (Å²) in [7, 11) is 0. The zero-order chi connectivity index (χ0) is 16.3. The largest absolute Gasteiger partial charge is 0.506 e. The van der Waals surface area contributed by atoms with Crippen molar-refractivity contribution in [1.82, 2.24) is 9.78 Å². The summed E-state index contributed by atoms with van der Waals surface area (Å²) >= 11 is 5.86. The number of carbonyl (C=O) groups excluding carboxylic acids is 1. The van der Waals surface area contributed by atoms with Crippen LogP contribution < -0.4 is 5.32 Å². The number of non-ortho nitro benzene ring substituents is 1. The zero-order valence-corrected chi connectivity index (χ0v) is 12.4. The van der Waals surface area contributed by atoms with E-state index in [4.69, 9.17) is 11.6 Å². The summed E-state index contributed by atoms with van der Waals surface area (Å²) in [5, 5.41) is 27.3. The van der Waals surface area contributed by atoms with E-state index in [1.165, 1.54) is 6.20 Å². The number of aryl methyl sites for hydroxylation is 1. The van der Waals surface area contributed by atoms with E-state index in [2.05, 4.69) is 10.4 Å². The molecule has 0 atom stereocenters. The number of nitro groups is 1. The Labute approximate surface area is 130 Å². The molecule has 2 aromatic rings. The molecule has 0 radical (unpaired) electrons. The minimum Gasteiger partial charge on any atom is -0.506 e. The number of anilines is 1. The standard InChI is InChI=1S/C13H13ClN4O4/c1-8-10(14)7-15-17(8)5-4-13(20)16-11-6-9(18(21)22)2-3-12(11)19/h2-3,6-7,19H,4-5H2,1H3,(H,16,20). The molecule has 1 heterocycles. The highest BCUT2D eigenvalue weighted by Gasteiger charge is 2.13. The SMILES string of the molecule is Cc1c(Cl)cnn1CCC(=O)Nc1cc([N+](=O)[O-])ccc1O. The van der Waals surface area contributed by atoms with E-state index in [-0.39, 0.29) is 23.5 Å². The van der Waals surface area contributed by atoms with E-state index in [0.29, 0.717) is 11.6 Å². The minimum absolute atomic E-state index is 0.00517. The van der Waals surface area contributed by atoms with Gasteiger partial charge in [0.05, 0.1) is 34.1 Å². The van der Waals surface area contributed by atoms with Gasteiger partial charge >= 0.3 is 0 Å². The third-order valence-corrected chi connectivity index (χ3v) is 3.43. The molecule has 0 unspecified atom stereocenters. The summed E-state index contributed by atoms with van der Waals surface area (Å²) in [4.78, 5) is 22.0. The first-order valence-electron chi connectivity index (χ1n) is 6.33. The molecule has 8 nitrogen and oxygen atoms in total. The molecule has 9 heteroatoms. The van der Waals surface area contributed by atoms with E-state index in [1.54, 1.807) is 11.6 Å². The van der Waals surface area contributed by atoms with Gasteiger partial charge in [0.1, 0.15) is 5.75 Å². The molecule has 2 rings (SSSR count). The first-order valence-corrected chi connectivity index (χ1v) is 6.71. The molecule has 0 spiro atoms. The molecule has 0 saturated carbocycles. The Hall–Kier alpha value is -2.61. The smallest absolute Gasteiger partial charge is 0.271 e. The molecule has 0 saturated heterocycles. The number of hydrogen-bond donors (Lipinski definition) is 2. The summed E-state index contributed by atoms with van der Waals surface area (Å²) in [5.41, 5.74) is 0.518. The van der Waals surface area contributed by atoms with Crippen LogP contribution in [-0.2, 0) is 11.3 Å². The molecular weight excluding hydrogens is 312 g/mol. The van der Waals surface area contributed by atoms with Gasteiger partial charge in [-0.1, -0.05) is 11.6 Å². The number of nitrogens with one attached hydrogen (secondary N) is 1. The van der Waals surface area contributed by atoms with Crippen molar-refractivity contribution < 1.29 is 14.8 Å². The Kier molecular flexibility index (Phi) is 4.62. The fourth-order valence-electron chi connectivity index (χ4n) is 1.81. The van der Waals surface area contributed by atoms with Crippen LogP contribution in [0.25, 0.3) is 0 Å². The summed E-state index contributed by atoms with van der Waals surface area (Å²) < 4.78 is 1.58. The Morgan fingerprint density at radius 1 is 1.55 bits per heavy atom. The lowest BCUT2D eigenvalue weighted by molar-refractivity contribution is -0.384. The number of amides is 1. The third-order valence-electron chi connectivity index (χ3n) is 3.06. The van der Waals surface area contributed by atoms with Gasteiger partial charge in [-0.3, -0.25) is 19.6 Å². The fraction of sp³-hybridized carbons (Fsp3) is 0.231. The lowest BCUT2D eigenvalue weighted by Crippen LogP contribution is -2.15. The third kappa shape index (κ3) is 3.53. The molecule has 0 aliphatic rings. The van der Waals surface area contributed by atoms with Crippen molar-refractivity contribution >= 4 is 28.9 Å². The number of rotatable bonds is 5. The highest BCUT2D eigenvalue weighted by atomic mass is 35.5. The topological polar surface area (TPSA) is 110 Å². The number of phenols is 1. The fourth-order valence-corrected chi connectivity index (χ4v) is 1.95.